The molecule has 1 saturated heterocycles. The third kappa shape index (κ3) is 3.24. The lowest BCUT2D eigenvalue weighted by atomic mass is 10.1. The van der Waals surface area contributed by atoms with Gasteiger partial charge in [-0.3, -0.25) is 0 Å². The Hall–Kier alpha value is -1.02. The van der Waals surface area contributed by atoms with Gasteiger partial charge in [-0.15, -0.1) is 0 Å². The maximum absolute atomic E-state index is 5.60. The first kappa shape index (κ1) is 11.5. The Bertz CT molecular complexity index is 329. The van der Waals surface area contributed by atoms with Crippen molar-refractivity contribution in [3.05, 3.63) is 29.8 Å². The molecule has 2 nitrogen and oxygen atoms in total. The molecule has 0 radical (unpaired) electrons. The van der Waals surface area contributed by atoms with E-state index in [2.05, 4.69) is 19.1 Å². The molecule has 1 aromatic rings. The van der Waals surface area contributed by atoms with Crippen molar-refractivity contribution in [1.29, 1.82) is 0 Å². The normalized spacial score (nSPS) is 23.5. The predicted molar refractivity (Wildman–Crippen MR) is 64.9 cm³/mol. The Morgan fingerprint density at radius 2 is 1.88 bits per heavy atom. The number of epoxide rings is 1. The minimum absolute atomic E-state index is 0.242. The summed E-state index contributed by atoms with van der Waals surface area (Å²) >= 11 is 0. The zero-order chi connectivity index (χ0) is 11.5. The van der Waals surface area contributed by atoms with E-state index in [0.29, 0.717) is 12.2 Å². The van der Waals surface area contributed by atoms with Crippen LogP contribution in [0.25, 0.3) is 0 Å². The number of benzene rings is 1. The van der Waals surface area contributed by atoms with E-state index in [0.717, 1.165) is 18.6 Å². The highest BCUT2D eigenvalue weighted by atomic mass is 16.6. The van der Waals surface area contributed by atoms with Crippen molar-refractivity contribution < 1.29 is 9.47 Å². The summed E-state index contributed by atoms with van der Waals surface area (Å²) in [6, 6.07) is 8.38. The summed E-state index contributed by atoms with van der Waals surface area (Å²) in [7, 11) is 0. The van der Waals surface area contributed by atoms with E-state index < -0.39 is 0 Å². The van der Waals surface area contributed by atoms with Crippen LogP contribution < -0.4 is 4.74 Å². The summed E-state index contributed by atoms with van der Waals surface area (Å²) in [6.45, 7) is 6.21. The van der Waals surface area contributed by atoms with Gasteiger partial charge in [0.15, 0.2) is 0 Å². The molecule has 1 aliphatic rings. The van der Waals surface area contributed by atoms with Gasteiger partial charge >= 0.3 is 0 Å². The highest BCUT2D eigenvalue weighted by molar-refractivity contribution is 5.27. The Morgan fingerprint density at radius 3 is 2.38 bits per heavy atom. The van der Waals surface area contributed by atoms with Crippen LogP contribution in [0.3, 0.4) is 0 Å². The lowest BCUT2D eigenvalue weighted by Crippen LogP contribution is -2.05. The van der Waals surface area contributed by atoms with Gasteiger partial charge in [0.1, 0.15) is 5.75 Å². The van der Waals surface area contributed by atoms with Gasteiger partial charge in [0, 0.05) is 0 Å². The van der Waals surface area contributed by atoms with Crippen molar-refractivity contribution in [3.63, 3.8) is 0 Å². The van der Waals surface area contributed by atoms with Crippen molar-refractivity contribution in [3.8, 4) is 5.75 Å². The number of rotatable bonds is 5. The standard InChI is InChI=1S/C14H20O2/c1-10(2)15-13-7-4-12(5-8-13)6-9-14-11(3)16-14/h4-5,7-8,10-11,14H,6,9H2,1-3H3. The number of ether oxygens (including phenoxy) is 2. The second-order valence-electron chi connectivity index (χ2n) is 4.73. The second-order valence-corrected chi connectivity index (χ2v) is 4.73. The molecule has 0 aromatic heterocycles. The third-order valence-electron chi connectivity index (χ3n) is 2.85. The molecule has 88 valence electrons. The highest BCUT2D eigenvalue weighted by Crippen LogP contribution is 2.26. The molecule has 2 rings (SSSR count). The Kier molecular flexibility index (Phi) is 3.49. The fourth-order valence-corrected chi connectivity index (χ4v) is 1.85. The van der Waals surface area contributed by atoms with Crippen LogP contribution in [0, 0.1) is 0 Å². The van der Waals surface area contributed by atoms with Gasteiger partial charge in [0.25, 0.3) is 0 Å². The number of aryl methyl sites for hydroxylation is 1. The summed E-state index contributed by atoms with van der Waals surface area (Å²) < 4.78 is 11.0. The summed E-state index contributed by atoms with van der Waals surface area (Å²) in [4.78, 5) is 0. The van der Waals surface area contributed by atoms with Crippen LogP contribution in [-0.4, -0.2) is 18.3 Å². The molecule has 0 N–H and O–H groups in total. The molecule has 1 heterocycles. The average molecular weight is 220 g/mol. The van der Waals surface area contributed by atoms with Gasteiger partial charge in [0.2, 0.25) is 0 Å². The lowest BCUT2D eigenvalue weighted by molar-refractivity contribution is 0.242. The molecule has 2 unspecified atom stereocenters. The molecule has 0 bridgehead atoms. The Morgan fingerprint density at radius 1 is 1.25 bits per heavy atom. The smallest absolute Gasteiger partial charge is 0.119 e. The van der Waals surface area contributed by atoms with Crippen molar-refractivity contribution >= 4 is 0 Å². The second kappa shape index (κ2) is 4.88. The molecule has 0 aliphatic carbocycles. The first-order valence-electron chi connectivity index (χ1n) is 6.06. The fourth-order valence-electron chi connectivity index (χ4n) is 1.85. The van der Waals surface area contributed by atoms with Crippen LogP contribution in [0.4, 0.5) is 0 Å². The number of hydrogen-bond acceptors (Lipinski definition) is 2. The predicted octanol–water partition coefficient (Wildman–Crippen LogP) is 3.19. The van der Waals surface area contributed by atoms with Crippen LogP contribution in [0.1, 0.15) is 32.8 Å². The van der Waals surface area contributed by atoms with Gasteiger partial charge in [-0.2, -0.15) is 0 Å². The minimum Gasteiger partial charge on any atom is -0.491 e. The zero-order valence-electron chi connectivity index (χ0n) is 10.3. The summed E-state index contributed by atoms with van der Waals surface area (Å²) in [5, 5.41) is 0. The molecule has 0 spiro atoms. The summed E-state index contributed by atoms with van der Waals surface area (Å²) in [6.07, 6.45) is 3.43. The van der Waals surface area contributed by atoms with Crippen LogP contribution >= 0.6 is 0 Å². The van der Waals surface area contributed by atoms with Crippen molar-refractivity contribution in [2.45, 2.75) is 51.9 Å². The van der Waals surface area contributed by atoms with Gasteiger partial charge < -0.3 is 9.47 Å². The van der Waals surface area contributed by atoms with E-state index in [-0.39, 0.29) is 6.10 Å². The van der Waals surface area contributed by atoms with Crippen LogP contribution in [-0.2, 0) is 11.2 Å². The molecule has 0 saturated carbocycles. The van der Waals surface area contributed by atoms with Crippen molar-refractivity contribution in [2.75, 3.05) is 0 Å². The maximum atomic E-state index is 5.60. The van der Waals surface area contributed by atoms with E-state index in [4.69, 9.17) is 9.47 Å². The Balaban J connectivity index is 1.82. The monoisotopic (exact) mass is 220 g/mol. The molecule has 2 atom stereocenters. The fraction of sp³-hybridized carbons (Fsp3) is 0.571. The topological polar surface area (TPSA) is 21.8 Å². The first-order chi connectivity index (χ1) is 7.65. The number of hydrogen-bond donors (Lipinski definition) is 0. The highest BCUT2D eigenvalue weighted by Gasteiger charge is 2.33. The van der Waals surface area contributed by atoms with Crippen LogP contribution in [0.2, 0.25) is 0 Å². The molecule has 16 heavy (non-hydrogen) atoms. The van der Waals surface area contributed by atoms with Gasteiger partial charge in [-0.1, -0.05) is 12.1 Å². The van der Waals surface area contributed by atoms with E-state index >= 15 is 0 Å². The van der Waals surface area contributed by atoms with Gasteiger partial charge in [-0.25, -0.2) is 0 Å². The van der Waals surface area contributed by atoms with Crippen LogP contribution in [0.5, 0.6) is 5.75 Å². The Labute approximate surface area is 97.6 Å². The van der Waals surface area contributed by atoms with Crippen molar-refractivity contribution in [2.24, 2.45) is 0 Å². The molecular formula is C14H20O2. The molecule has 2 heteroatoms. The third-order valence-corrected chi connectivity index (χ3v) is 2.85. The van der Waals surface area contributed by atoms with Gasteiger partial charge in [-0.05, 0) is 51.3 Å². The molecule has 1 aromatic carbocycles. The minimum atomic E-state index is 0.242. The first-order valence-corrected chi connectivity index (χ1v) is 6.06. The maximum Gasteiger partial charge on any atom is 0.119 e. The zero-order valence-corrected chi connectivity index (χ0v) is 10.3. The van der Waals surface area contributed by atoms with E-state index in [1.807, 2.05) is 26.0 Å². The quantitative estimate of drug-likeness (QED) is 0.711. The molecule has 1 fully saturated rings. The average Bonchev–Trinajstić information content (AvgIpc) is 2.93. The van der Waals surface area contributed by atoms with Crippen LogP contribution in [0.15, 0.2) is 24.3 Å². The molecular weight excluding hydrogens is 200 g/mol. The summed E-state index contributed by atoms with van der Waals surface area (Å²) in [5.74, 6) is 0.954. The SMILES string of the molecule is CC(C)Oc1ccc(CCC2OC2C)cc1. The lowest BCUT2D eigenvalue weighted by Gasteiger charge is -2.09. The molecule has 1 aliphatic heterocycles. The molecule has 0 amide bonds. The van der Waals surface area contributed by atoms with E-state index in [1.165, 1.54) is 5.56 Å². The van der Waals surface area contributed by atoms with E-state index in [9.17, 15) is 0 Å². The summed E-state index contributed by atoms with van der Waals surface area (Å²) in [5.41, 5.74) is 1.36. The van der Waals surface area contributed by atoms with E-state index in [1.54, 1.807) is 0 Å². The van der Waals surface area contributed by atoms with Gasteiger partial charge in [0.05, 0.1) is 18.3 Å². The largest absolute Gasteiger partial charge is 0.491 e. The van der Waals surface area contributed by atoms with Crippen molar-refractivity contribution in [1.82, 2.24) is 0 Å².